The molecule has 0 radical (unpaired) electrons. The number of aromatic nitrogens is 3. The SMILES string of the molecule is CC(=O)O.CC(C)C[C@H](NC(=O)CNC(=O)[C@H](Cc1ccc(O)cc1)NC(=O)[C@H](CO)NC(=O)[C@H](Cc1cc2ccccc2[nH]1)NC(=O)[C@H](Cc1cnc[nH]1)NC(=O)[C@@H]1CCC(=O)N1)C(=O)N[C@@H](CCCN=C(N)N)C(=O)N1CCC[C@H]1C(=O)NCC(N)=O. The van der Waals surface area contributed by atoms with E-state index in [1.165, 1.54) is 41.7 Å². The molecule has 0 spiro atoms. The number of phenols is 1. The average Bonchev–Trinajstić information content (AvgIpc) is 2.90. The molecule has 2 aromatic heterocycles. The minimum absolute atomic E-state index is 0.0156. The third-order valence-corrected chi connectivity index (χ3v) is 14.0. The number of para-hydroxylation sites is 1. The van der Waals surface area contributed by atoms with Crippen LogP contribution >= 0.6 is 0 Å². The number of carbonyl (C=O) groups excluding carboxylic acids is 11. The van der Waals surface area contributed by atoms with Crippen molar-refractivity contribution in [1.82, 2.24) is 67.7 Å². The number of nitrogens with one attached hydrogen (secondary N) is 11. The number of benzene rings is 2. The van der Waals surface area contributed by atoms with E-state index in [1.807, 2.05) is 6.07 Å². The van der Waals surface area contributed by atoms with E-state index in [9.17, 15) is 63.0 Å². The van der Waals surface area contributed by atoms with Crippen molar-refractivity contribution in [2.75, 3.05) is 32.8 Å². The Balaban J connectivity index is 0.00000349. The maximum absolute atomic E-state index is 14.4. The highest BCUT2D eigenvalue weighted by Crippen LogP contribution is 2.21. The van der Waals surface area contributed by atoms with Crippen molar-refractivity contribution in [2.24, 2.45) is 28.1 Å². The van der Waals surface area contributed by atoms with Crippen LogP contribution in [0.1, 0.15) is 82.7 Å². The van der Waals surface area contributed by atoms with E-state index in [0.29, 0.717) is 28.9 Å². The molecule has 2 saturated heterocycles. The van der Waals surface area contributed by atoms with Gasteiger partial charge in [0.05, 0.1) is 26.0 Å². The monoisotopic (exact) mass is 1240 g/mol. The highest BCUT2D eigenvalue weighted by molar-refractivity contribution is 5.99. The highest BCUT2D eigenvalue weighted by atomic mass is 16.4. The number of aliphatic imine (C=N–C) groups is 1. The number of aliphatic hydroxyl groups is 1. The summed E-state index contributed by atoms with van der Waals surface area (Å²) in [5.74, 6) is -9.71. The molecule has 0 unspecified atom stereocenters. The van der Waals surface area contributed by atoms with Crippen molar-refractivity contribution < 1.29 is 72.9 Å². The van der Waals surface area contributed by atoms with Gasteiger partial charge in [0.2, 0.25) is 65.0 Å². The van der Waals surface area contributed by atoms with E-state index in [2.05, 4.69) is 67.8 Å². The van der Waals surface area contributed by atoms with Crippen LogP contribution in [-0.2, 0) is 76.8 Å². The highest BCUT2D eigenvalue weighted by Gasteiger charge is 2.39. The number of phenolic OH excluding ortho intramolecular Hbond substituents is 1. The molecule has 0 bridgehead atoms. The van der Waals surface area contributed by atoms with Crippen molar-refractivity contribution >= 4 is 87.8 Å². The summed E-state index contributed by atoms with van der Waals surface area (Å²) in [5, 5.41) is 51.9. The first-order chi connectivity index (χ1) is 42.3. The number of carboxylic acids is 1. The van der Waals surface area contributed by atoms with Crippen LogP contribution in [0.25, 0.3) is 10.9 Å². The van der Waals surface area contributed by atoms with Gasteiger partial charge < -0.3 is 95.2 Å². The van der Waals surface area contributed by atoms with Gasteiger partial charge in [0.1, 0.15) is 54.1 Å². The summed E-state index contributed by atoms with van der Waals surface area (Å²) < 4.78 is 0. The zero-order chi connectivity index (χ0) is 65.3. The Hall–Kier alpha value is -10.1. The van der Waals surface area contributed by atoms with Crippen LogP contribution in [0.2, 0.25) is 0 Å². The number of nitrogens with zero attached hydrogens (tertiary/aromatic N) is 3. The molecule has 32 heteroatoms. The number of amides is 11. The summed E-state index contributed by atoms with van der Waals surface area (Å²) in [6.45, 7) is 2.70. The summed E-state index contributed by atoms with van der Waals surface area (Å²) in [7, 11) is 0. The van der Waals surface area contributed by atoms with Gasteiger partial charge in [-0.25, -0.2) is 4.98 Å². The third-order valence-electron chi connectivity index (χ3n) is 14.0. The Morgan fingerprint density at radius 2 is 1.35 bits per heavy atom. The average molecular weight is 1240 g/mol. The number of hydrogen-bond donors (Lipinski definition) is 17. The molecule has 2 fully saturated rings. The van der Waals surface area contributed by atoms with Crippen LogP contribution < -0.4 is 65.1 Å². The number of hydrogen-bond acceptors (Lipinski definition) is 16. The van der Waals surface area contributed by atoms with E-state index in [4.69, 9.17) is 27.1 Å². The Labute approximate surface area is 510 Å². The molecule has 8 atom stereocenters. The van der Waals surface area contributed by atoms with Crippen LogP contribution in [0.5, 0.6) is 5.75 Å². The first-order valence-corrected chi connectivity index (χ1v) is 28.7. The Morgan fingerprint density at radius 1 is 0.730 bits per heavy atom. The van der Waals surface area contributed by atoms with Crippen LogP contribution in [0.15, 0.2) is 72.1 Å². The molecule has 4 aromatic rings. The van der Waals surface area contributed by atoms with Gasteiger partial charge in [0, 0.05) is 68.8 Å². The second-order valence-corrected chi connectivity index (χ2v) is 21.7. The molecule has 11 amide bonds. The number of likely N-dealkylation sites (tertiary alicyclic amines) is 1. The third kappa shape index (κ3) is 22.9. The lowest BCUT2D eigenvalue weighted by Crippen LogP contribution is -2.60. The number of imidazole rings is 1. The molecule has 20 N–H and O–H groups in total. The quantitative estimate of drug-likeness (QED) is 0.0129. The molecule has 89 heavy (non-hydrogen) atoms. The van der Waals surface area contributed by atoms with Crippen LogP contribution in [0, 0.1) is 5.92 Å². The van der Waals surface area contributed by atoms with Gasteiger partial charge in [0.15, 0.2) is 5.96 Å². The number of aliphatic carboxylic acids is 1. The topological polar surface area (TPSA) is 512 Å². The number of guanidine groups is 1. The lowest BCUT2D eigenvalue weighted by Gasteiger charge is -2.30. The normalized spacial score (nSPS) is 16.3. The number of primary amides is 1. The Morgan fingerprint density at radius 3 is 1.96 bits per heavy atom. The molecule has 0 saturated carbocycles. The van der Waals surface area contributed by atoms with Gasteiger partial charge in [-0.15, -0.1) is 0 Å². The molecule has 6 rings (SSSR count). The molecular weight excluding hydrogens is 1160 g/mol. The molecule has 2 aliphatic rings. The van der Waals surface area contributed by atoms with Crippen molar-refractivity contribution in [3.63, 3.8) is 0 Å². The molecule has 0 aliphatic carbocycles. The van der Waals surface area contributed by atoms with Crippen molar-refractivity contribution in [3.8, 4) is 5.75 Å². The number of carboxylic acid groups (broad SMARTS) is 1. The largest absolute Gasteiger partial charge is 0.508 e. The molecule has 2 aromatic carbocycles. The molecular formula is C57H79N17O15. The van der Waals surface area contributed by atoms with Crippen molar-refractivity contribution in [3.05, 3.63) is 84.1 Å². The fourth-order valence-electron chi connectivity index (χ4n) is 9.74. The van der Waals surface area contributed by atoms with E-state index >= 15 is 0 Å². The smallest absolute Gasteiger partial charge is 0.300 e. The maximum atomic E-state index is 14.4. The summed E-state index contributed by atoms with van der Waals surface area (Å²) in [6, 6.07) is 4.18. The maximum Gasteiger partial charge on any atom is 0.300 e. The number of H-pyrrole nitrogens is 2. The number of aromatic amines is 2. The second-order valence-electron chi connectivity index (χ2n) is 21.7. The molecule has 4 heterocycles. The number of rotatable bonds is 31. The summed E-state index contributed by atoms with van der Waals surface area (Å²) >= 11 is 0. The minimum atomic E-state index is -1.76. The minimum Gasteiger partial charge on any atom is -0.508 e. The Bertz CT molecular complexity index is 3130. The standard InChI is InChI=1S/C55H75N17O13.C2H4O2/c1-29(2)19-38(49(80)67-37(9-5-17-60-55(57)58)54(85)72-18-6-10-43(72)53(84)61-25-44(56)75)66-46(77)26-62-47(78)39(20-30-11-13-34(74)14-12-30)68-52(83)42(27-73)71-51(82)40(22-32-21-31-7-3-4-8-35(31)64-32)70-50(81)41(23-33-24-59-28-63-33)69-48(79)36-15-16-45(76)65-36;1-2(3)4/h3-4,7-8,11-14,21,24,28-29,36-43,64,73-74H,5-6,9-10,15-20,22-23,25-27H2,1-2H3,(H2,56,75)(H,59,63)(H,61,84)(H,62,78)(H,65,76)(H,66,77)(H,67,80)(H,68,83)(H,69,79)(H,70,81)(H,71,82)(H4,57,58,60);1H3,(H,3,4)/t36-,37-,38-,39-,40-,41-,42-,43-;/m0./s1. The molecule has 2 aliphatic heterocycles. The first-order valence-electron chi connectivity index (χ1n) is 28.7. The number of carbonyl (C=O) groups is 12. The van der Waals surface area contributed by atoms with Crippen LogP contribution in [0.4, 0.5) is 0 Å². The van der Waals surface area contributed by atoms with Crippen molar-refractivity contribution in [1.29, 1.82) is 0 Å². The second kappa shape index (κ2) is 34.3. The molecule has 482 valence electrons. The van der Waals surface area contributed by atoms with Gasteiger partial charge in [-0.3, -0.25) is 62.5 Å². The summed E-state index contributed by atoms with van der Waals surface area (Å²) in [5.41, 5.74) is 18.2. The van der Waals surface area contributed by atoms with E-state index < -0.39 is 133 Å². The van der Waals surface area contributed by atoms with E-state index in [0.717, 1.165) is 12.3 Å². The molecule has 32 nitrogen and oxygen atoms in total. The van der Waals surface area contributed by atoms with E-state index in [-0.39, 0.29) is 94.4 Å². The summed E-state index contributed by atoms with van der Waals surface area (Å²) in [4.78, 5) is 173. The number of aliphatic hydroxyl groups excluding tert-OH is 1. The van der Waals surface area contributed by atoms with Gasteiger partial charge in [0.25, 0.3) is 5.97 Å². The zero-order valence-electron chi connectivity index (χ0n) is 49.5. The van der Waals surface area contributed by atoms with Gasteiger partial charge in [-0.1, -0.05) is 44.2 Å². The zero-order valence-corrected chi connectivity index (χ0v) is 49.5. The van der Waals surface area contributed by atoms with Gasteiger partial charge >= 0.3 is 0 Å². The van der Waals surface area contributed by atoms with Gasteiger partial charge in [-0.2, -0.15) is 0 Å². The van der Waals surface area contributed by atoms with Crippen LogP contribution in [-0.4, -0.2) is 193 Å². The summed E-state index contributed by atoms with van der Waals surface area (Å²) in [6.07, 6.45) is 3.58. The first kappa shape index (κ1) is 69.6. The van der Waals surface area contributed by atoms with Crippen LogP contribution in [0.3, 0.4) is 0 Å². The van der Waals surface area contributed by atoms with Gasteiger partial charge in [-0.05, 0) is 79.7 Å². The van der Waals surface area contributed by atoms with Crippen molar-refractivity contribution in [2.45, 2.75) is 133 Å². The lowest BCUT2D eigenvalue weighted by molar-refractivity contribution is -0.142. The number of aromatic hydroxyl groups is 1. The number of nitrogens with two attached hydrogens (primary N) is 3. The predicted molar refractivity (Wildman–Crippen MR) is 319 cm³/mol. The Kier molecular flexibility index (Phi) is 26.8. The fourth-order valence-corrected chi connectivity index (χ4v) is 9.74. The fraction of sp³-hybridized carbons (Fsp3) is 0.474. The number of fused-ring (bicyclic) bond motifs is 1. The van der Waals surface area contributed by atoms with E-state index in [1.54, 1.807) is 38.1 Å². The predicted octanol–water partition coefficient (Wildman–Crippen LogP) is -4.30. The lowest BCUT2D eigenvalue weighted by atomic mass is 10.0.